The molecule has 1 saturated carbocycles. The molecule has 1 unspecified atom stereocenters. The SMILES string of the molecule is OS1(O)NCC2C[C]21. The molecule has 8 heavy (non-hydrogen) atoms. The topological polar surface area (TPSA) is 52.5 Å². The third-order valence-corrected chi connectivity index (χ3v) is 3.44. The van der Waals surface area contributed by atoms with Crippen LogP contribution in [0.1, 0.15) is 6.42 Å². The second-order valence-electron chi connectivity index (χ2n) is 2.26. The fourth-order valence-electron chi connectivity index (χ4n) is 1.03. The Labute approximate surface area is 49.6 Å². The molecule has 1 atom stereocenters. The number of nitrogens with one attached hydrogen (secondary N) is 1. The molecule has 0 aromatic carbocycles. The van der Waals surface area contributed by atoms with Crippen LogP contribution in [0.3, 0.4) is 0 Å². The van der Waals surface area contributed by atoms with Gasteiger partial charge >= 0.3 is 0 Å². The third-order valence-electron chi connectivity index (χ3n) is 1.64. The van der Waals surface area contributed by atoms with E-state index in [-0.39, 0.29) is 0 Å². The highest BCUT2D eigenvalue weighted by Gasteiger charge is 2.53. The van der Waals surface area contributed by atoms with Gasteiger partial charge in [0.25, 0.3) is 0 Å². The van der Waals surface area contributed by atoms with Crippen molar-refractivity contribution in [2.75, 3.05) is 6.54 Å². The Morgan fingerprint density at radius 2 is 2.38 bits per heavy atom. The summed E-state index contributed by atoms with van der Waals surface area (Å²) in [7, 11) is -2.38. The van der Waals surface area contributed by atoms with Crippen LogP contribution in [0.4, 0.5) is 0 Å². The highest BCUT2D eigenvalue weighted by Crippen LogP contribution is 2.68. The Balaban J connectivity index is 2.17. The first-order valence-corrected chi connectivity index (χ1v) is 4.13. The fourth-order valence-corrected chi connectivity index (χ4v) is 2.63. The average Bonchev–Trinajstić information content (AvgIpc) is 2.34. The maximum Gasteiger partial charge on any atom is 0.104 e. The molecule has 2 fully saturated rings. The van der Waals surface area contributed by atoms with Gasteiger partial charge in [0.1, 0.15) is 5.25 Å². The van der Waals surface area contributed by atoms with Crippen LogP contribution < -0.4 is 4.72 Å². The minimum absolute atomic E-state index is 0.500. The summed E-state index contributed by atoms with van der Waals surface area (Å²) in [5.74, 6) is 0.500. The van der Waals surface area contributed by atoms with Gasteiger partial charge in [0.2, 0.25) is 0 Å². The molecule has 3 nitrogen and oxygen atoms in total. The summed E-state index contributed by atoms with van der Waals surface area (Å²) in [6.07, 6.45) is 0.940. The van der Waals surface area contributed by atoms with Crippen LogP contribution in [-0.2, 0) is 0 Å². The second kappa shape index (κ2) is 1.21. The molecule has 0 bridgehead atoms. The summed E-state index contributed by atoms with van der Waals surface area (Å²) < 4.78 is 20.6. The van der Waals surface area contributed by atoms with Crippen molar-refractivity contribution in [1.29, 1.82) is 0 Å². The lowest BCUT2D eigenvalue weighted by Gasteiger charge is -2.27. The van der Waals surface area contributed by atoms with Crippen molar-refractivity contribution in [2.24, 2.45) is 5.92 Å². The van der Waals surface area contributed by atoms with Crippen LogP contribution in [0.2, 0.25) is 0 Å². The van der Waals surface area contributed by atoms with Crippen LogP contribution >= 0.6 is 10.8 Å². The number of hydrogen-bond donors (Lipinski definition) is 3. The molecule has 0 aromatic rings. The van der Waals surface area contributed by atoms with Gasteiger partial charge in [0.05, 0.1) is 0 Å². The average molecular weight is 134 g/mol. The van der Waals surface area contributed by atoms with Crippen molar-refractivity contribution >= 4 is 10.8 Å². The maximum atomic E-state index is 9.00. The molecule has 0 amide bonds. The minimum Gasteiger partial charge on any atom is -0.285 e. The van der Waals surface area contributed by atoms with E-state index in [4.69, 9.17) is 9.11 Å². The van der Waals surface area contributed by atoms with E-state index < -0.39 is 10.8 Å². The summed E-state index contributed by atoms with van der Waals surface area (Å²) in [6, 6.07) is 0. The summed E-state index contributed by atoms with van der Waals surface area (Å²) in [4.78, 5) is 0. The van der Waals surface area contributed by atoms with Gasteiger partial charge in [-0.25, -0.2) is 4.72 Å². The van der Waals surface area contributed by atoms with Crippen molar-refractivity contribution in [2.45, 2.75) is 6.42 Å². The van der Waals surface area contributed by atoms with Crippen molar-refractivity contribution in [3.8, 4) is 0 Å². The van der Waals surface area contributed by atoms with Gasteiger partial charge in [-0.2, -0.15) is 0 Å². The van der Waals surface area contributed by atoms with E-state index in [2.05, 4.69) is 4.72 Å². The summed E-state index contributed by atoms with van der Waals surface area (Å²) in [5.41, 5.74) is 0. The molecule has 0 spiro atoms. The van der Waals surface area contributed by atoms with Crippen molar-refractivity contribution in [3.05, 3.63) is 5.25 Å². The molecule has 2 aliphatic rings. The number of hydrogen-bond acceptors (Lipinski definition) is 3. The molecular formula is C4H8NO2S. The molecule has 2 rings (SSSR count). The molecule has 3 N–H and O–H groups in total. The van der Waals surface area contributed by atoms with Crippen LogP contribution in [0, 0.1) is 11.2 Å². The van der Waals surface area contributed by atoms with Gasteiger partial charge in [-0.1, -0.05) is 0 Å². The normalized spacial score (nSPS) is 46.0. The Morgan fingerprint density at radius 1 is 1.62 bits per heavy atom. The second-order valence-corrected chi connectivity index (χ2v) is 4.18. The highest BCUT2D eigenvalue weighted by atomic mass is 32.3. The highest BCUT2D eigenvalue weighted by molar-refractivity contribution is 8.25. The van der Waals surface area contributed by atoms with Crippen molar-refractivity contribution in [3.63, 3.8) is 0 Å². The molecule has 1 radical (unpaired) electrons. The third kappa shape index (κ3) is 0.513. The van der Waals surface area contributed by atoms with E-state index in [1.54, 1.807) is 0 Å². The van der Waals surface area contributed by atoms with Gasteiger partial charge in [-0.05, 0) is 6.42 Å². The largest absolute Gasteiger partial charge is 0.285 e. The molecule has 47 valence electrons. The molecule has 1 saturated heterocycles. The predicted octanol–water partition coefficient (Wildman–Crippen LogP) is 0.807. The standard InChI is InChI=1S/C4H8NO2S/c6-8(7)4-1-3(4)2-5-8/h3,5-7H,1-2H2. The lowest BCUT2D eigenvalue weighted by molar-refractivity contribution is 0.483. The van der Waals surface area contributed by atoms with Crippen LogP contribution in [0.15, 0.2) is 0 Å². The number of fused-ring (bicyclic) bond motifs is 1. The fraction of sp³-hybridized carbons (Fsp3) is 0.750. The Kier molecular flexibility index (Phi) is 0.764. The molecule has 1 heterocycles. The van der Waals surface area contributed by atoms with Gasteiger partial charge in [-0.15, -0.1) is 10.8 Å². The Bertz CT molecular complexity index is 127. The Hall–Kier alpha value is 0.230. The zero-order valence-corrected chi connectivity index (χ0v) is 5.11. The first-order chi connectivity index (χ1) is 3.70. The molecule has 1 aliphatic carbocycles. The van der Waals surface area contributed by atoms with E-state index in [0.29, 0.717) is 5.92 Å². The van der Waals surface area contributed by atoms with E-state index in [9.17, 15) is 0 Å². The van der Waals surface area contributed by atoms with E-state index in [0.717, 1.165) is 18.2 Å². The first-order valence-electron chi connectivity index (χ1n) is 2.59. The zero-order chi connectivity index (χ0) is 5.78. The molecule has 4 heteroatoms. The van der Waals surface area contributed by atoms with E-state index >= 15 is 0 Å². The van der Waals surface area contributed by atoms with Gasteiger partial charge in [-0.3, -0.25) is 9.11 Å². The summed E-state index contributed by atoms with van der Waals surface area (Å²) in [6.45, 7) is 0.775. The van der Waals surface area contributed by atoms with Crippen LogP contribution in [0.25, 0.3) is 0 Å². The molecular weight excluding hydrogens is 126 g/mol. The van der Waals surface area contributed by atoms with Crippen LogP contribution in [0.5, 0.6) is 0 Å². The van der Waals surface area contributed by atoms with E-state index in [1.165, 1.54) is 0 Å². The Morgan fingerprint density at radius 3 is 2.50 bits per heavy atom. The molecule has 0 aromatic heterocycles. The summed E-state index contributed by atoms with van der Waals surface area (Å²) >= 11 is 0. The lowest BCUT2D eigenvalue weighted by Crippen LogP contribution is -2.15. The monoisotopic (exact) mass is 134 g/mol. The smallest absolute Gasteiger partial charge is 0.104 e. The number of rotatable bonds is 0. The van der Waals surface area contributed by atoms with Crippen molar-refractivity contribution in [1.82, 2.24) is 4.72 Å². The zero-order valence-electron chi connectivity index (χ0n) is 4.29. The van der Waals surface area contributed by atoms with Gasteiger partial charge < -0.3 is 0 Å². The van der Waals surface area contributed by atoms with Crippen LogP contribution in [-0.4, -0.2) is 15.7 Å². The quantitative estimate of drug-likeness (QED) is 0.459. The molecule has 1 aliphatic heterocycles. The van der Waals surface area contributed by atoms with Gasteiger partial charge in [0.15, 0.2) is 0 Å². The lowest BCUT2D eigenvalue weighted by atomic mass is 10.4. The predicted molar refractivity (Wildman–Crippen MR) is 32.2 cm³/mol. The maximum absolute atomic E-state index is 9.00. The van der Waals surface area contributed by atoms with Gasteiger partial charge in [0, 0.05) is 12.5 Å². The summed E-state index contributed by atoms with van der Waals surface area (Å²) in [5, 5.41) is 0.942. The van der Waals surface area contributed by atoms with E-state index in [1.807, 2.05) is 0 Å². The van der Waals surface area contributed by atoms with Crippen molar-refractivity contribution < 1.29 is 9.11 Å². The minimum atomic E-state index is -2.38. The first kappa shape index (κ1) is 5.05.